The van der Waals surface area contributed by atoms with Crippen LogP contribution in [0.25, 0.3) is 0 Å². The minimum Gasteiger partial charge on any atom is -0.376 e. The summed E-state index contributed by atoms with van der Waals surface area (Å²) in [6, 6.07) is 0.0995. The van der Waals surface area contributed by atoms with Crippen molar-refractivity contribution in [2.75, 3.05) is 6.61 Å². The lowest BCUT2D eigenvalue weighted by molar-refractivity contribution is 0.101. The van der Waals surface area contributed by atoms with Gasteiger partial charge in [-0.3, -0.25) is 0 Å². The van der Waals surface area contributed by atoms with Crippen molar-refractivity contribution in [3.63, 3.8) is 0 Å². The summed E-state index contributed by atoms with van der Waals surface area (Å²) >= 11 is 0. The van der Waals surface area contributed by atoms with Gasteiger partial charge in [0, 0.05) is 12.6 Å². The second-order valence-corrected chi connectivity index (χ2v) is 3.37. The summed E-state index contributed by atoms with van der Waals surface area (Å²) in [6.07, 6.45) is 4.63. The summed E-state index contributed by atoms with van der Waals surface area (Å²) in [4.78, 5) is 0. The summed E-state index contributed by atoms with van der Waals surface area (Å²) in [5, 5.41) is 0. The molecule has 1 aliphatic rings. The van der Waals surface area contributed by atoms with Crippen LogP contribution in [-0.4, -0.2) is 18.8 Å². The first-order chi connectivity index (χ1) is 5.20. The largest absolute Gasteiger partial charge is 0.376 e. The zero-order valence-electron chi connectivity index (χ0n) is 7.34. The van der Waals surface area contributed by atoms with Gasteiger partial charge in [0.05, 0.1) is 6.10 Å². The van der Waals surface area contributed by atoms with Gasteiger partial charge in [-0.15, -0.1) is 0 Å². The molecule has 1 fully saturated rings. The molecule has 0 aromatic rings. The Balaban J connectivity index is 2.40. The predicted octanol–water partition coefficient (Wildman–Crippen LogP) is 1.46. The molecular weight excluding hydrogens is 138 g/mol. The van der Waals surface area contributed by atoms with Crippen LogP contribution in [0.2, 0.25) is 0 Å². The van der Waals surface area contributed by atoms with E-state index >= 15 is 0 Å². The Bertz CT molecular complexity index is 144. The third-order valence-corrected chi connectivity index (χ3v) is 1.92. The minimum absolute atomic E-state index is 0.0995. The highest BCUT2D eigenvalue weighted by Gasteiger charge is 2.20. The second kappa shape index (κ2) is 3.88. The Hall–Kier alpha value is -0.340. The van der Waals surface area contributed by atoms with Crippen LogP contribution in [0.1, 0.15) is 26.7 Å². The molecule has 2 N–H and O–H groups in total. The summed E-state index contributed by atoms with van der Waals surface area (Å²) in [6.45, 7) is 5.01. The van der Waals surface area contributed by atoms with Gasteiger partial charge in [-0.2, -0.15) is 0 Å². The molecule has 2 heteroatoms. The maximum atomic E-state index is 5.88. The lowest BCUT2D eigenvalue weighted by atomic mass is 10.1. The van der Waals surface area contributed by atoms with E-state index in [0.717, 1.165) is 19.4 Å². The standard InChI is InChI=1S/C9H17NO/c1-7(2)6-8(10)9-4-3-5-11-9/h6,8-9H,3-5,10H2,1-2H3. The zero-order valence-corrected chi connectivity index (χ0v) is 7.34. The van der Waals surface area contributed by atoms with Crippen molar-refractivity contribution in [2.24, 2.45) is 5.73 Å². The molecule has 2 unspecified atom stereocenters. The quantitative estimate of drug-likeness (QED) is 0.613. The van der Waals surface area contributed by atoms with Crippen molar-refractivity contribution in [3.8, 4) is 0 Å². The first kappa shape index (κ1) is 8.75. The highest BCUT2D eigenvalue weighted by atomic mass is 16.5. The lowest BCUT2D eigenvalue weighted by Gasteiger charge is -2.14. The lowest BCUT2D eigenvalue weighted by Crippen LogP contribution is -2.32. The maximum Gasteiger partial charge on any atom is 0.0762 e. The second-order valence-electron chi connectivity index (χ2n) is 3.37. The monoisotopic (exact) mass is 155 g/mol. The minimum atomic E-state index is 0.0995. The van der Waals surface area contributed by atoms with Gasteiger partial charge in [0.25, 0.3) is 0 Å². The van der Waals surface area contributed by atoms with Crippen LogP contribution in [0.5, 0.6) is 0 Å². The molecule has 2 atom stereocenters. The Morgan fingerprint density at radius 2 is 2.36 bits per heavy atom. The van der Waals surface area contributed by atoms with Crippen molar-refractivity contribution in [1.82, 2.24) is 0 Å². The molecule has 11 heavy (non-hydrogen) atoms. The van der Waals surface area contributed by atoms with Gasteiger partial charge in [-0.1, -0.05) is 11.6 Å². The first-order valence-corrected chi connectivity index (χ1v) is 4.22. The first-order valence-electron chi connectivity index (χ1n) is 4.22. The highest BCUT2D eigenvalue weighted by molar-refractivity contribution is 5.03. The van der Waals surface area contributed by atoms with Crippen molar-refractivity contribution in [2.45, 2.75) is 38.8 Å². The fourth-order valence-electron chi connectivity index (χ4n) is 1.40. The van der Waals surface area contributed by atoms with Crippen LogP contribution in [0.4, 0.5) is 0 Å². The fraction of sp³-hybridized carbons (Fsp3) is 0.778. The van der Waals surface area contributed by atoms with Gasteiger partial charge < -0.3 is 10.5 Å². The summed E-state index contributed by atoms with van der Waals surface area (Å²) in [7, 11) is 0. The van der Waals surface area contributed by atoms with Crippen LogP contribution in [0, 0.1) is 0 Å². The molecule has 1 heterocycles. The average molecular weight is 155 g/mol. The molecule has 0 bridgehead atoms. The molecule has 0 spiro atoms. The van der Waals surface area contributed by atoms with E-state index in [2.05, 4.69) is 19.9 Å². The summed E-state index contributed by atoms with van der Waals surface area (Å²) in [5.41, 5.74) is 7.15. The average Bonchev–Trinajstić information content (AvgIpc) is 2.35. The molecule has 0 radical (unpaired) electrons. The third kappa shape index (κ3) is 2.64. The third-order valence-electron chi connectivity index (χ3n) is 1.92. The molecule has 0 saturated carbocycles. The number of hydrogen-bond acceptors (Lipinski definition) is 2. The Morgan fingerprint density at radius 1 is 1.64 bits per heavy atom. The molecule has 1 saturated heterocycles. The van der Waals surface area contributed by atoms with E-state index in [9.17, 15) is 0 Å². The number of allylic oxidation sites excluding steroid dienone is 1. The smallest absolute Gasteiger partial charge is 0.0762 e. The van der Waals surface area contributed by atoms with Gasteiger partial charge in [-0.05, 0) is 26.7 Å². The van der Waals surface area contributed by atoms with Crippen molar-refractivity contribution < 1.29 is 4.74 Å². The molecular formula is C9H17NO. The topological polar surface area (TPSA) is 35.2 Å². The van der Waals surface area contributed by atoms with Gasteiger partial charge in [-0.25, -0.2) is 0 Å². The molecule has 0 aromatic heterocycles. The fourth-order valence-corrected chi connectivity index (χ4v) is 1.40. The van der Waals surface area contributed by atoms with Crippen molar-refractivity contribution in [1.29, 1.82) is 0 Å². The molecule has 1 aliphatic heterocycles. The predicted molar refractivity (Wildman–Crippen MR) is 46.4 cm³/mol. The molecule has 1 rings (SSSR count). The number of rotatable bonds is 2. The van der Waals surface area contributed by atoms with Crippen LogP contribution in [0.3, 0.4) is 0 Å². The Kier molecular flexibility index (Phi) is 3.09. The maximum absolute atomic E-state index is 5.88. The van der Waals surface area contributed by atoms with Crippen LogP contribution < -0.4 is 5.73 Å². The van der Waals surface area contributed by atoms with Crippen LogP contribution in [0.15, 0.2) is 11.6 Å². The van der Waals surface area contributed by atoms with Gasteiger partial charge in [0.15, 0.2) is 0 Å². The summed E-state index contributed by atoms with van der Waals surface area (Å²) < 4.78 is 5.45. The van der Waals surface area contributed by atoms with Gasteiger partial charge in [0.2, 0.25) is 0 Å². The highest BCUT2D eigenvalue weighted by Crippen LogP contribution is 2.15. The molecule has 0 aromatic carbocycles. The number of hydrogen-bond donors (Lipinski definition) is 1. The van der Waals surface area contributed by atoms with E-state index in [-0.39, 0.29) is 12.1 Å². The van der Waals surface area contributed by atoms with E-state index in [1.54, 1.807) is 0 Å². The Morgan fingerprint density at radius 3 is 2.82 bits per heavy atom. The molecule has 64 valence electrons. The van der Waals surface area contributed by atoms with Crippen molar-refractivity contribution in [3.05, 3.63) is 11.6 Å². The zero-order chi connectivity index (χ0) is 8.27. The van der Waals surface area contributed by atoms with Crippen LogP contribution in [-0.2, 0) is 4.74 Å². The van der Waals surface area contributed by atoms with Gasteiger partial charge >= 0.3 is 0 Å². The van der Waals surface area contributed by atoms with E-state index in [1.165, 1.54) is 5.57 Å². The SMILES string of the molecule is CC(C)=CC(N)C1CCCO1. The van der Waals surface area contributed by atoms with E-state index < -0.39 is 0 Å². The molecule has 0 amide bonds. The molecule has 0 aliphatic carbocycles. The summed E-state index contributed by atoms with van der Waals surface area (Å²) in [5.74, 6) is 0. The number of nitrogens with two attached hydrogens (primary N) is 1. The van der Waals surface area contributed by atoms with Gasteiger partial charge in [0.1, 0.15) is 0 Å². The van der Waals surface area contributed by atoms with Crippen LogP contribution >= 0.6 is 0 Å². The number of ether oxygens (including phenoxy) is 1. The Labute approximate surface area is 68.4 Å². The van der Waals surface area contributed by atoms with E-state index in [4.69, 9.17) is 10.5 Å². The van der Waals surface area contributed by atoms with E-state index in [0.29, 0.717) is 0 Å². The van der Waals surface area contributed by atoms with E-state index in [1.807, 2.05) is 0 Å². The molecule has 2 nitrogen and oxygen atoms in total. The van der Waals surface area contributed by atoms with Crippen molar-refractivity contribution >= 4 is 0 Å². The normalized spacial score (nSPS) is 26.6.